The summed E-state index contributed by atoms with van der Waals surface area (Å²) >= 11 is 1.56. The topological polar surface area (TPSA) is 82.5 Å². The monoisotopic (exact) mass is 218 g/mol. The summed E-state index contributed by atoms with van der Waals surface area (Å²) < 4.78 is 1.55. The van der Waals surface area contributed by atoms with E-state index in [4.69, 9.17) is 5.73 Å². The molecule has 0 atom stereocenters. The van der Waals surface area contributed by atoms with Gasteiger partial charge in [-0.2, -0.15) is 4.68 Å². The van der Waals surface area contributed by atoms with Crippen LogP contribution in [0.5, 0.6) is 0 Å². The molecule has 3 heterocycles. The predicted octanol–water partition coefficient (Wildman–Crippen LogP) is 0.854. The molecule has 0 spiro atoms. The fraction of sp³-hybridized carbons (Fsp3) is 0. The Balaban J connectivity index is 2.30. The molecule has 0 bridgehead atoms. The summed E-state index contributed by atoms with van der Waals surface area (Å²) in [7, 11) is 0. The second-order valence-electron chi connectivity index (χ2n) is 2.88. The zero-order chi connectivity index (χ0) is 10.3. The van der Waals surface area contributed by atoms with E-state index in [9.17, 15) is 0 Å². The van der Waals surface area contributed by atoms with Gasteiger partial charge in [0.15, 0.2) is 5.82 Å². The van der Waals surface area contributed by atoms with Gasteiger partial charge >= 0.3 is 0 Å². The van der Waals surface area contributed by atoms with Crippen LogP contribution in [-0.2, 0) is 0 Å². The lowest BCUT2D eigenvalue weighted by molar-refractivity contribution is 0.854. The number of hydrogen-bond acceptors (Lipinski definition) is 6. The maximum absolute atomic E-state index is 5.45. The van der Waals surface area contributed by atoms with Crippen molar-refractivity contribution in [3.05, 3.63) is 24.1 Å². The Morgan fingerprint density at radius 2 is 2.20 bits per heavy atom. The normalized spacial score (nSPS) is 10.9. The molecule has 0 aliphatic carbocycles. The maximum atomic E-state index is 5.45. The summed E-state index contributed by atoms with van der Waals surface area (Å²) in [5, 5.41) is 6.92. The molecule has 0 amide bonds. The van der Waals surface area contributed by atoms with Crippen molar-refractivity contribution >= 4 is 27.5 Å². The number of anilines is 1. The van der Waals surface area contributed by atoms with Gasteiger partial charge in [-0.05, 0) is 11.4 Å². The zero-order valence-corrected chi connectivity index (χ0v) is 8.35. The number of thiophene rings is 1. The molecule has 0 radical (unpaired) electrons. The first kappa shape index (κ1) is 8.30. The van der Waals surface area contributed by atoms with Gasteiger partial charge in [0.25, 0.3) is 0 Å². The van der Waals surface area contributed by atoms with Crippen molar-refractivity contribution in [2.75, 3.05) is 5.73 Å². The third-order valence-corrected chi connectivity index (χ3v) is 2.79. The molecule has 6 nitrogen and oxygen atoms in total. The van der Waals surface area contributed by atoms with E-state index in [2.05, 4.69) is 20.1 Å². The predicted molar refractivity (Wildman–Crippen MR) is 56.7 cm³/mol. The number of nitrogen functional groups attached to an aromatic ring is 1. The third-order valence-electron chi connectivity index (χ3n) is 1.97. The Hall–Kier alpha value is -2.02. The maximum Gasteiger partial charge on any atom is 0.239 e. The summed E-state index contributed by atoms with van der Waals surface area (Å²) in [6, 6.07) is 1.95. The molecular weight excluding hydrogens is 212 g/mol. The average molecular weight is 218 g/mol. The first-order chi connectivity index (χ1) is 7.34. The lowest BCUT2D eigenvalue weighted by atomic mass is 10.4. The summed E-state index contributed by atoms with van der Waals surface area (Å²) in [5.74, 6) is 0.933. The molecule has 3 aromatic rings. The van der Waals surface area contributed by atoms with Gasteiger partial charge < -0.3 is 5.73 Å². The molecule has 74 valence electrons. The Morgan fingerprint density at radius 1 is 1.27 bits per heavy atom. The number of hydrogen-bond donors (Lipinski definition) is 1. The van der Waals surface area contributed by atoms with Crippen LogP contribution in [0.15, 0.2) is 24.1 Å². The third kappa shape index (κ3) is 1.24. The molecule has 7 heteroatoms. The first-order valence-electron chi connectivity index (χ1n) is 4.20. The minimum absolute atomic E-state index is 0.233. The fourth-order valence-corrected chi connectivity index (χ4v) is 2.06. The standard InChI is InChI=1S/C8H6N6S/c9-8-12-4-14(13-8)6-5-1-2-15-7(5)11-3-10-6/h1-4H,(H2,9,13). The van der Waals surface area contributed by atoms with Crippen molar-refractivity contribution in [1.82, 2.24) is 24.7 Å². The largest absolute Gasteiger partial charge is 0.366 e. The average Bonchev–Trinajstić information content (AvgIpc) is 2.84. The van der Waals surface area contributed by atoms with Crippen molar-refractivity contribution in [3.8, 4) is 5.82 Å². The van der Waals surface area contributed by atoms with E-state index in [0.717, 1.165) is 10.2 Å². The van der Waals surface area contributed by atoms with Crippen LogP contribution in [0.2, 0.25) is 0 Å². The molecule has 0 aromatic carbocycles. The summed E-state index contributed by atoms with van der Waals surface area (Å²) in [6.45, 7) is 0. The zero-order valence-electron chi connectivity index (χ0n) is 7.53. The van der Waals surface area contributed by atoms with Gasteiger partial charge in [-0.1, -0.05) is 0 Å². The smallest absolute Gasteiger partial charge is 0.239 e. The Kier molecular flexibility index (Phi) is 1.65. The number of nitrogens with two attached hydrogens (primary N) is 1. The minimum Gasteiger partial charge on any atom is -0.366 e. The lowest BCUT2D eigenvalue weighted by Crippen LogP contribution is -1.99. The van der Waals surface area contributed by atoms with Crippen molar-refractivity contribution in [3.63, 3.8) is 0 Å². The van der Waals surface area contributed by atoms with Crippen LogP contribution in [0, 0.1) is 0 Å². The number of nitrogens with zero attached hydrogens (tertiary/aromatic N) is 5. The SMILES string of the molecule is Nc1ncn(-c2ncnc3sccc23)n1. The Bertz CT molecular complexity index is 612. The van der Waals surface area contributed by atoms with Crippen LogP contribution in [0.3, 0.4) is 0 Å². The van der Waals surface area contributed by atoms with Gasteiger partial charge in [0.2, 0.25) is 5.95 Å². The van der Waals surface area contributed by atoms with Crippen LogP contribution < -0.4 is 5.73 Å². The van der Waals surface area contributed by atoms with Gasteiger partial charge in [-0.15, -0.1) is 16.4 Å². The molecular formula is C8H6N6S. The Labute approximate surface area is 88.4 Å². The fourth-order valence-electron chi connectivity index (χ4n) is 1.34. The summed E-state index contributed by atoms with van der Waals surface area (Å²) in [5.41, 5.74) is 5.45. The van der Waals surface area contributed by atoms with E-state index in [1.165, 1.54) is 12.7 Å². The molecule has 0 aliphatic rings. The van der Waals surface area contributed by atoms with E-state index in [1.807, 2.05) is 11.4 Å². The van der Waals surface area contributed by atoms with Gasteiger partial charge in [-0.3, -0.25) is 0 Å². The van der Waals surface area contributed by atoms with Gasteiger partial charge in [0, 0.05) is 0 Å². The molecule has 0 fully saturated rings. The summed E-state index contributed by atoms with van der Waals surface area (Å²) in [6.07, 6.45) is 3.04. The van der Waals surface area contributed by atoms with Crippen LogP contribution >= 0.6 is 11.3 Å². The highest BCUT2D eigenvalue weighted by Gasteiger charge is 2.07. The van der Waals surface area contributed by atoms with Crippen LogP contribution in [0.1, 0.15) is 0 Å². The molecule has 3 rings (SSSR count). The highest BCUT2D eigenvalue weighted by atomic mass is 32.1. The second-order valence-corrected chi connectivity index (χ2v) is 3.78. The van der Waals surface area contributed by atoms with E-state index >= 15 is 0 Å². The second kappa shape index (κ2) is 2.99. The molecule has 0 aliphatic heterocycles. The van der Waals surface area contributed by atoms with Crippen LogP contribution in [0.4, 0.5) is 5.95 Å². The molecule has 0 saturated heterocycles. The van der Waals surface area contributed by atoms with Crippen molar-refractivity contribution in [1.29, 1.82) is 0 Å². The number of rotatable bonds is 1. The number of aromatic nitrogens is 5. The van der Waals surface area contributed by atoms with E-state index in [1.54, 1.807) is 16.0 Å². The summed E-state index contributed by atoms with van der Waals surface area (Å²) in [4.78, 5) is 13.1. The van der Waals surface area contributed by atoms with Crippen molar-refractivity contribution in [2.24, 2.45) is 0 Å². The van der Waals surface area contributed by atoms with Crippen LogP contribution in [-0.4, -0.2) is 24.7 Å². The van der Waals surface area contributed by atoms with Crippen molar-refractivity contribution in [2.45, 2.75) is 0 Å². The molecule has 3 aromatic heterocycles. The van der Waals surface area contributed by atoms with Crippen LogP contribution in [0.25, 0.3) is 16.0 Å². The molecule has 0 unspecified atom stereocenters. The Morgan fingerprint density at radius 3 is 3.00 bits per heavy atom. The molecule has 2 N–H and O–H groups in total. The van der Waals surface area contributed by atoms with E-state index in [0.29, 0.717) is 5.82 Å². The first-order valence-corrected chi connectivity index (χ1v) is 5.08. The van der Waals surface area contributed by atoms with E-state index < -0.39 is 0 Å². The molecule has 0 saturated carbocycles. The lowest BCUT2D eigenvalue weighted by Gasteiger charge is -1.99. The van der Waals surface area contributed by atoms with Gasteiger partial charge in [0.05, 0.1) is 5.39 Å². The van der Waals surface area contributed by atoms with Crippen molar-refractivity contribution < 1.29 is 0 Å². The van der Waals surface area contributed by atoms with Gasteiger partial charge in [-0.25, -0.2) is 15.0 Å². The highest BCUT2D eigenvalue weighted by molar-refractivity contribution is 7.16. The van der Waals surface area contributed by atoms with Gasteiger partial charge in [0.1, 0.15) is 17.5 Å². The minimum atomic E-state index is 0.233. The number of fused-ring (bicyclic) bond motifs is 1. The quantitative estimate of drug-likeness (QED) is 0.654. The molecule has 15 heavy (non-hydrogen) atoms. The highest BCUT2D eigenvalue weighted by Crippen LogP contribution is 2.22. The van der Waals surface area contributed by atoms with E-state index in [-0.39, 0.29) is 5.95 Å².